The molecule has 0 aliphatic carbocycles. The predicted molar refractivity (Wildman–Crippen MR) is 85.6 cm³/mol. The molecule has 23 heavy (non-hydrogen) atoms. The van der Waals surface area contributed by atoms with Crippen LogP contribution in [0, 0.1) is 0 Å². The molecule has 2 aromatic heterocycles. The topological polar surface area (TPSA) is 96.9 Å². The van der Waals surface area contributed by atoms with E-state index in [4.69, 9.17) is 4.74 Å². The maximum atomic E-state index is 12.0. The normalized spacial score (nSPS) is 10.3. The molecule has 0 aliphatic heterocycles. The lowest BCUT2D eigenvalue weighted by Gasteiger charge is -2.08. The molecule has 0 fully saturated rings. The molecule has 3 rings (SSSR count). The molecule has 0 atom stereocenters. The minimum Gasteiger partial charge on any atom is -0.491 e. The summed E-state index contributed by atoms with van der Waals surface area (Å²) in [7, 11) is 1.51. The summed E-state index contributed by atoms with van der Waals surface area (Å²) in [5, 5.41) is 11.8. The molecule has 2 heterocycles. The fourth-order valence-electron chi connectivity index (χ4n) is 2.08. The Balaban J connectivity index is 1.58. The zero-order valence-electron chi connectivity index (χ0n) is 12.5. The van der Waals surface area contributed by atoms with E-state index < -0.39 is 0 Å². The van der Waals surface area contributed by atoms with Gasteiger partial charge in [0.1, 0.15) is 0 Å². The Bertz CT molecular complexity index is 764. The average Bonchev–Trinajstić information content (AvgIpc) is 3.20. The lowest BCUT2D eigenvalue weighted by molar-refractivity contribution is 0.262. The molecule has 0 bridgehead atoms. The van der Waals surface area contributed by atoms with Gasteiger partial charge in [0.15, 0.2) is 11.6 Å². The summed E-state index contributed by atoms with van der Waals surface area (Å²) in [5.74, 6) is 0.873. The van der Waals surface area contributed by atoms with Crippen LogP contribution in [0.15, 0.2) is 49.2 Å². The second-order valence-electron chi connectivity index (χ2n) is 4.82. The van der Waals surface area contributed by atoms with Crippen LogP contribution in [-0.4, -0.2) is 32.9 Å². The maximum Gasteiger partial charge on any atom is 0.324 e. The summed E-state index contributed by atoms with van der Waals surface area (Å²) in [6.07, 6.45) is 6.89. The largest absolute Gasteiger partial charge is 0.491 e. The van der Waals surface area contributed by atoms with Gasteiger partial charge in [0, 0.05) is 24.6 Å². The third-order valence-corrected chi connectivity index (χ3v) is 3.20. The van der Waals surface area contributed by atoms with Gasteiger partial charge < -0.3 is 14.6 Å². The van der Waals surface area contributed by atoms with E-state index in [-0.39, 0.29) is 6.03 Å². The molecule has 3 aromatic rings. The fourth-order valence-corrected chi connectivity index (χ4v) is 2.08. The van der Waals surface area contributed by atoms with Crippen molar-refractivity contribution in [3.8, 4) is 5.75 Å². The lowest BCUT2D eigenvalue weighted by atomic mass is 10.2. The van der Waals surface area contributed by atoms with E-state index in [1.807, 2.05) is 35.0 Å². The van der Waals surface area contributed by atoms with Crippen molar-refractivity contribution in [1.82, 2.24) is 19.7 Å². The Labute approximate surface area is 132 Å². The first-order valence-corrected chi connectivity index (χ1v) is 6.94. The second-order valence-corrected chi connectivity index (χ2v) is 4.82. The Morgan fingerprint density at radius 1 is 1.30 bits per heavy atom. The van der Waals surface area contributed by atoms with Crippen LogP contribution < -0.4 is 15.4 Å². The van der Waals surface area contributed by atoms with Crippen LogP contribution in [0.3, 0.4) is 0 Å². The first-order valence-electron chi connectivity index (χ1n) is 6.94. The number of imidazole rings is 1. The van der Waals surface area contributed by atoms with E-state index in [1.165, 1.54) is 13.3 Å². The first-order chi connectivity index (χ1) is 11.2. The van der Waals surface area contributed by atoms with Gasteiger partial charge in [-0.05, 0) is 17.7 Å². The maximum absolute atomic E-state index is 12.0. The molecule has 3 N–H and O–H groups in total. The highest BCUT2D eigenvalue weighted by atomic mass is 16.5. The van der Waals surface area contributed by atoms with Crippen LogP contribution in [0.25, 0.3) is 0 Å². The van der Waals surface area contributed by atoms with Crippen LogP contribution in [0.4, 0.5) is 16.3 Å². The Morgan fingerprint density at radius 3 is 2.83 bits per heavy atom. The number of hydrogen-bond donors (Lipinski definition) is 3. The third-order valence-electron chi connectivity index (χ3n) is 3.20. The number of carbonyl (C=O) groups excluding carboxylic acids is 1. The van der Waals surface area contributed by atoms with Crippen LogP contribution in [-0.2, 0) is 6.54 Å². The van der Waals surface area contributed by atoms with E-state index in [9.17, 15) is 4.79 Å². The number of nitrogens with one attached hydrogen (secondary N) is 3. The summed E-state index contributed by atoms with van der Waals surface area (Å²) >= 11 is 0. The van der Waals surface area contributed by atoms with Crippen molar-refractivity contribution in [2.45, 2.75) is 6.54 Å². The first kappa shape index (κ1) is 14.6. The van der Waals surface area contributed by atoms with E-state index in [0.29, 0.717) is 17.3 Å². The number of methoxy groups -OCH3 is 1. The Kier molecular flexibility index (Phi) is 4.23. The lowest BCUT2D eigenvalue weighted by Crippen LogP contribution is -2.20. The zero-order chi connectivity index (χ0) is 16.1. The number of amides is 2. The molecule has 8 heteroatoms. The van der Waals surface area contributed by atoms with Crippen molar-refractivity contribution < 1.29 is 9.53 Å². The number of rotatable bonds is 5. The molecular formula is C15H16N6O2. The number of aromatic amines is 1. The fraction of sp³-hybridized carbons (Fsp3) is 0.133. The molecule has 0 saturated heterocycles. The monoisotopic (exact) mass is 312 g/mol. The van der Waals surface area contributed by atoms with Crippen LogP contribution in [0.2, 0.25) is 0 Å². The molecule has 2 amide bonds. The smallest absolute Gasteiger partial charge is 0.324 e. The summed E-state index contributed by atoms with van der Waals surface area (Å²) in [6, 6.07) is 7.21. The van der Waals surface area contributed by atoms with Gasteiger partial charge in [-0.1, -0.05) is 12.1 Å². The highest BCUT2D eigenvalue weighted by Crippen LogP contribution is 2.20. The Morgan fingerprint density at radius 2 is 2.13 bits per heavy atom. The molecule has 0 aliphatic rings. The van der Waals surface area contributed by atoms with E-state index in [0.717, 1.165) is 12.1 Å². The molecule has 0 radical (unpaired) electrons. The molecule has 0 saturated carbocycles. The standard InChI is InChI=1S/C15H16N6O2/c1-23-13-8-17-20-14(13)19-15(22)18-12-4-2-11(3-5-12)9-21-7-6-16-10-21/h2-8,10H,9H2,1H3,(H3,17,18,19,20,22). The van der Waals surface area contributed by atoms with Gasteiger partial charge in [0.05, 0.1) is 19.6 Å². The minimum atomic E-state index is -0.380. The van der Waals surface area contributed by atoms with Crippen LogP contribution in [0.1, 0.15) is 5.56 Å². The second kappa shape index (κ2) is 6.65. The van der Waals surface area contributed by atoms with Gasteiger partial charge in [-0.2, -0.15) is 5.10 Å². The van der Waals surface area contributed by atoms with Crippen molar-refractivity contribution in [2.24, 2.45) is 0 Å². The molecular weight excluding hydrogens is 296 g/mol. The zero-order valence-corrected chi connectivity index (χ0v) is 12.5. The van der Waals surface area contributed by atoms with Crippen LogP contribution >= 0.6 is 0 Å². The van der Waals surface area contributed by atoms with Gasteiger partial charge in [-0.3, -0.25) is 10.4 Å². The number of H-pyrrole nitrogens is 1. The molecule has 8 nitrogen and oxygen atoms in total. The number of aromatic nitrogens is 4. The summed E-state index contributed by atoms with van der Waals surface area (Å²) in [5.41, 5.74) is 1.81. The molecule has 118 valence electrons. The summed E-state index contributed by atoms with van der Waals surface area (Å²) < 4.78 is 7.03. The van der Waals surface area contributed by atoms with E-state index >= 15 is 0 Å². The molecule has 1 aromatic carbocycles. The summed E-state index contributed by atoms with van der Waals surface area (Å²) in [6.45, 7) is 0.734. The van der Waals surface area contributed by atoms with Crippen molar-refractivity contribution in [2.75, 3.05) is 17.7 Å². The number of carbonyl (C=O) groups is 1. The van der Waals surface area contributed by atoms with E-state index in [1.54, 1.807) is 12.5 Å². The van der Waals surface area contributed by atoms with Crippen molar-refractivity contribution in [1.29, 1.82) is 0 Å². The third kappa shape index (κ3) is 3.67. The summed E-state index contributed by atoms with van der Waals surface area (Å²) in [4.78, 5) is 16.0. The van der Waals surface area contributed by atoms with Gasteiger partial charge in [0.25, 0.3) is 0 Å². The quantitative estimate of drug-likeness (QED) is 0.673. The number of urea groups is 1. The predicted octanol–water partition coefficient (Wildman–Crippen LogP) is 2.31. The number of nitrogens with zero attached hydrogens (tertiary/aromatic N) is 3. The van der Waals surface area contributed by atoms with Gasteiger partial charge in [-0.15, -0.1) is 0 Å². The van der Waals surface area contributed by atoms with Gasteiger partial charge in [0.2, 0.25) is 0 Å². The highest BCUT2D eigenvalue weighted by molar-refractivity contribution is 5.99. The van der Waals surface area contributed by atoms with Crippen molar-refractivity contribution >= 4 is 17.5 Å². The van der Waals surface area contributed by atoms with E-state index in [2.05, 4.69) is 25.8 Å². The van der Waals surface area contributed by atoms with Crippen LogP contribution in [0.5, 0.6) is 5.75 Å². The minimum absolute atomic E-state index is 0.380. The van der Waals surface area contributed by atoms with Crippen molar-refractivity contribution in [3.63, 3.8) is 0 Å². The molecule has 0 unspecified atom stereocenters. The van der Waals surface area contributed by atoms with Gasteiger partial charge in [-0.25, -0.2) is 9.78 Å². The molecule has 0 spiro atoms. The Hall–Kier alpha value is -3.29. The van der Waals surface area contributed by atoms with Crippen molar-refractivity contribution in [3.05, 3.63) is 54.7 Å². The number of ether oxygens (including phenoxy) is 1. The van der Waals surface area contributed by atoms with Gasteiger partial charge >= 0.3 is 6.03 Å². The SMILES string of the molecule is COc1cn[nH]c1NC(=O)Nc1ccc(Cn2ccnc2)cc1. The number of hydrogen-bond acceptors (Lipinski definition) is 4. The number of anilines is 2. The highest BCUT2D eigenvalue weighted by Gasteiger charge is 2.09. The average molecular weight is 312 g/mol. The number of benzene rings is 1.